The minimum Gasteiger partial charge on any atom is -0.544 e. The molecule has 0 saturated carbocycles. The summed E-state index contributed by atoms with van der Waals surface area (Å²) in [7, 11) is -1.41. The van der Waals surface area contributed by atoms with Gasteiger partial charge >= 0.3 is 0 Å². The first-order valence-corrected chi connectivity index (χ1v) is 8.90. The van der Waals surface area contributed by atoms with Gasteiger partial charge in [-0.1, -0.05) is 36.4 Å². The zero-order valence-corrected chi connectivity index (χ0v) is 10.9. The van der Waals surface area contributed by atoms with Crippen LogP contribution in [0.4, 0.5) is 0 Å². The third-order valence-electron chi connectivity index (χ3n) is 2.73. The lowest BCUT2D eigenvalue weighted by atomic mass is 10.2. The standard InChI is InChI=1S/C14H18OSi/c1-16(2)12-6-9-14(15-16)11-10-13-7-4-3-5-8-13/h3-5,7-11H,6,12H2,1-2H3/b11-10+. The van der Waals surface area contributed by atoms with E-state index < -0.39 is 8.32 Å². The van der Waals surface area contributed by atoms with E-state index in [1.165, 1.54) is 11.6 Å². The predicted octanol–water partition coefficient (Wildman–Crippen LogP) is 4.21. The van der Waals surface area contributed by atoms with E-state index in [0.717, 1.165) is 12.2 Å². The fourth-order valence-electron chi connectivity index (χ4n) is 1.82. The van der Waals surface area contributed by atoms with Gasteiger partial charge in [0.25, 0.3) is 0 Å². The van der Waals surface area contributed by atoms with Gasteiger partial charge in [-0.2, -0.15) is 0 Å². The molecule has 0 atom stereocenters. The highest BCUT2D eigenvalue weighted by Gasteiger charge is 2.26. The van der Waals surface area contributed by atoms with Gasteiger partial charge in [0, 0.05) is 0 Å². The molecule has 0 aromatic heterocycles. The van der Waals surface area contributed by atoms with E-state index in [4.69, 9.17) is 4.43 Å². The van der Waals surface area contributed by atoms with Crippen molar-refractivity contribution in [2.75, 3.05) is 0 Å². The Balaban J connectivity index is 2.05. The van der Waals surface area contributed by atoms with E-state index in [-0.39, 0.29) is 0 Å². The highest BCUT2D eigenvalue weighted by molar-refractivity contribution is 6.71. The lowest BCUT2D eigenvalue weighted by Gasteiger charge is -2.28. The van der Waals surface area contributed by atoms with Gasteiger partial charge in [0.15, 0.2) is 0 Å². The van der Waals surface area contributed by atoms with Crippen LogP contribution in [0.3, 0.4) is 0 Å². The Morgan fingerprint density at radius 2 is 1.88 bits per heavy atom. The summed E-state index contributed by atoms with van der Waals surface area (Å²) in [5, 5.41) is 0. The van der Waals surface area contributed by atoms with Crippen molar-refractivity contribution < 1.29 is 4.43 Å². The molecule has 0 unspecified atom stereocenters. The van der Waals surface area contributed by atoms with Crippen LogP contribution < -0.4 is 0 Å². The van der Waals surface area contributed by atoms with Gasteiger partial charge in [-0.3, -0.25) is 0 Å². The van der Waals surface area contributed by atoms with Crippen molar-refractivity contribution in [1.82, 2.24) is 0 Å². The average molecular weight is 230 g/mol. The maximum Gasteiger partial charge on any atom is 0.245 e. The van der Waals surface area contributed by atoms with Crippen LogP contribution >= 0.6 is 0 Å². The molecule has 0 N–H and O–H groups in total. The molecule has 0 bridgehead atoms. The zero-order valence-electron chi connectivity index (χ0n) is 9.94. The van der Waals surface area contributed by atoms with Crippen molar-refractivity contribution in [3.05, 3.63) is 53.8 Å². The molecule has 0 fully saturated rings. The van der Waals surface area contributed by atoms with Crippen molar-refractivity contribution in [3.63, 3.8) is 0 Å². The van der Waals surface area contributed by atoms with Crippen LogP contribution in [0.1, 0.15) is 12.0 Å². The summed E-state index contributed by atoms with van der Waals surface area (Å²) < 4.78 is 6.01. The molecule has 1 nitrogen and oxygen atoms in total. The van der Waals surface area contributed by atoms with Gasteiger partial charge < -0.3 is 4.43 Å². The average Bonchev–Trinajstić information content (AvgIpc) is 2.27. The monoisotopic (exact) mass is 230 g/mol. The summed E-state index contributed by atoms with van der Waals surface area (Å²) in [5.41, 5.74) is 1.22. The Kier molecular flexibility index (Phi) is 3.30. The van der Waals surface area contributed by atoms with E-state index in [0.29, 0.717) is 0 Å². The summed E-state index contributed by atoms with van der Waals surface area (Å²) in [6.07, 6.45) is 7.55. The number of rotatable bonds is 2. The third kappa shape index (κ3) is 3.10. The summed E-state index contributed by atoms with van der Waals surface area (Å²) in [6, 6.07) is 11.6. The molecule has 84 valence electrons. The molecular weight excluding hydrogens is 212 g/mol. The third-order valence-corrected chi connectivity index (χ3v) is 5.01. The summed E-state index contributed by atoms with van der Waals surface area (Å²) in [6.45, 7) is 4.55. The largest absolute Gasteiger partial charge is 0.544 e. The number of hydrogen-bond acceptors (Lipinski definition) is 1. The molecule has 2 rings (SSSR count). The van der Waals surface area contributed by atoms with E-state index in [1.54, 1.807) is 0 Å². The van der Waals surface area contributed by atoms with Crippen molar-refractivity contribution in [1.29, 1.82) is 0 Å². The van der Waals surface area contributed by atoms with Crippen LogP contribution in [-0.4, -0.2) is 8.32 Å². The first kappa shape index (κ1) is 11.2. The van der Waals surface area contributed by atoms with Crippen molar-refractivity contribution in [2.24, 2.45) is 0 Å². The molecule has 1 aromatic rings. The van der Waals surface area contributed by atoms with E-state index >= 15 is 0 Å². The minimum absolute atomic E-state index is 1.05. The first-order valence-electron chi connectivity index (χ1n) is 5.78. The van der Waals surface area contributed by atoms with Crippen LogP contribution in [0.25, 0.3) is 6.08 Å². The summed E-state index contributed by atoms with van der Waals surface area (Å²) >= 11 is 0. The SMILES string of the molecule is C[Si]1(C)CCC=C(/C=C/c2ccccc2)O1. The smallest absolute Gasteiger partial charge is 0.245 e. The van der Waals surface area contributed by atoms with Gasteiger partial charge in [0.1, 0.15) is 0 Å². The Morgan fingerprint density at radius 1 is 1.12 bits per heavy atom. The van der Waals surface area contributed by atoms with Crippen molar-refractivity contribution >= 4 is 14.4 Å². The quantitative estimate of drug-likeness (QED) is 0.692. The fraction of sp³-hybridized carbons (Fsp3) is 0.286. The number of hydrogen-bond donors (Lipinski definition) is 0. The highest BCUT2D eigenvalue weighted by atomic mass is 28.4. The minimum atomic E-state index is -1.41. The lowest BCUT2D eigenvalue weighted by molar-refractivity contribution is 0.420. The molecule has 1 aromatic carbocycles. The normalized spacial score (nSPS) is 19.2. The molecule has 16 heavy (non-hydrogen) atoms. The van der Waals surface area contributed by atoms with Crippen LogP contribution in [0.5, 0.6) is 0 Å². The lowest BCUT2D eigenvalue weighted by Crippen LogP contribution is -2.31. The molecule has 0 amide bonds. The molecule has 2 heteroatoms. The number of allylic oxidation sites excluding steroid dienone is 2. The van der Waals surface area contributed by atoms with Gasteiger partial charge in [-0.05, 0) is 43.3 Å². The van der Waals surface area contributed by atoms with Crippen LogP contribution in [0.15, 0.2) is 48.2 Å². The molecule has 1 aliphatic heterocycles. The second-order valence-electron chi connectivity index (χ2n) is 4.75. The van der Waals surface area contributed by atoms with Gasteiger partial charge in [0.2, 0.25) is 8.32 Å². The summed E-state index contributed by atoms with van der Waals surface area (Å²) in [4.78, 5) is 0. The number of benzene rings is 1. The van der Waals surface area contributed by atoms with Gasteiger partial charge in [-0.25, -0.2) is 0 Å². The Morgan fingerprint density at radius 3 is 2.56 bits per heavy atom. The van der Waals surface area contributed by atoms with Crippen LogP contribution in [0.2, 0.25) is 19.1 Å². The van der Waals surface area contributed by atoms with Crippen LogP contribution in [-0.2, 0) is 4.43 Å². The van der Waals surface area contributed by atoms with E-state index in [1.807, 2.05) is 6.07 Å². The molecule has 1 aliphatic rings. The highest BCUT2D eigenvalue weighted by Crippen LogP contribution is 2.25. The maximum absolute atomic E-state index is 6.01. The van der Waals surface area contributed by atoms with Crippen LogP contribution in [0, 0.1) is 0 Å². The Bertz CT molecular complexity index is 404. The molecule has 0 spiro atoms. The van der Waals surface area contributed by atoms with Crippen molar-refractivity contribution in [3.8, 4) is 0 Å². The molecule has 0 aliphatic carbocycles. The van der Waals surface area contributed by atoms with Gasteiger partial charge in [0.05, 0.1) is 5.76 Å². The Hall–Kier alpha value is -1.28. The second kappa shape index (κ2) is 4.70. The predicted molar refractivity (Wildman–Crippen MR) is 71.6 cm³/mol. The Labute approximate surface area is 98.6 Å². The van der Waals surface area contributed by atoms with Crippen molar-refractivity contribution in [2.45, 2.75) is 25.6 Å². The molecule has 1 heterocycles. The zero-order chi connectivity index (χ0) is 11.4. The maximum atomic E-state index is 6.01. The topological polar surface area (TPSA) is 9.23 Å². The second-order valence-corrected chi connectivity index (χ2v) is 8.97. The van der Waals surface area contributed by atoms with E-state index in [9.17, 15) is 0 Å². The molecular formula is C14H18OSi. The first-order chi connectivity index (χ1) is 7.66. The van der Waals surface area contributed by atoms with Gasteiger partial charge in [-0.15, -0.1) is 0 Å². The molecule has 0 saturated heterocycles. The van der Waals surface area contributed by atoms with E-state index in [2.05, 4.69) is 55.6 Å². The molecule has 0 radical (unpaired) electrons. The fourth-order valence-corrected chi connectivity index (χ4v) is 3.55. The summed E-state index contributed by atoms with van der Waals surface area (Å²) in [5.74, 6) is 1.05.